The standard InChI is InChI=1S/C28H27FN2O4S/c1-18-15-21(28(34)35-19(2)6-13-25(32)22-5-4-14-30(3)16-22)9-12-24(18)31-26(33)17-36-27(31)20-7-10-23(29)11-8-20/h4-5,7-12,15-16,19,27H,6,13,17H2,1-3H3. The maximum absolute atomic E-state index is 13.4. The van der Waals surface area contributed by atoms with E-state index in [9.17, 15) is 18.8 Å². The van der Waals surface area contributed by atoms with Crippen LogP contribution in [0.1, 0.15) is 57.0 Å². The van der Waals surface area contributed by atoms with Gasteiger partial charge in [0.25, 0.3) is 0 Å². The first-order valence-electron chi connectivity index (χ1n) is 11.6. The maximum Gasteiger partial charge on any atom is 0.338 e. The van der Waals surface area contributed by atoms with E-state index in [1.165, 1.54) is 23.9 Å². The second-order valence-electron chi connectivity index (χ2n) is 8.82. The van der Waals surface area contributed by atoms with E-state index in [2.05, 4.69) is 6.20 Å². The molecule has 0 spiro atoms. The van der Waals surface area contributed by atoms with E-state index in [0.717, 1.165) is 11.1 Å². The van der Waals surface area contributed by atoms with Crippen LogP contribution in [0.5, 0.6) is 0 Å². The fourth-order valence-electron chi connectivity index (χ4n) is 4.10. The van der Waals surface area contributed by atoms with E-state index >= 15 is 0 Å². The van der Waals surface area contributed by atoms with Crippen molar-refractivity contribution in [2.75, 3.05) is 10.7 Å². The van der Waals surface area contributed by atoms with Gasteiger partial charge in [0.05, 0.1) is 23.6 Å². The van der Waals surface area contributed by atoms with Crippen molar-refractivity contribution >= 4 is 35.1 Å². The molecule has 2 atom stereocenters. The number of amides is 1. The van der Waals surface area contributed by atoms with Crippen LogP contribution in [0.3, 0.4) is 0 Å². The Morgan fingerprint density at radius 3 is 2.64 bits per heavy atom. The summed E-state index contributed by atoms with van der Waals surface area (Å²) in [7, 11) is 1.80. The van der Waals surface area contributed by atoms with Crippen LogP contribution >= 0.6 is 11.8 Å². The molecule has 1 aromatic heterocycles. The summed E-state index contributed by atoms with van der Waals surface area (Å²) >= 11 is 1.48. The number of aromatic nitrogens is 1. The molecule has 1 aliphatic rings. The highest BCUT2D eigenvalue weighted by Crippen LogP contribution is 2.42. The van der Waals surface area contributed by atoms with Crippen LogP contribution in [0, 0.1) is 18.9 Å². The molecule has 1 saturated heterocycles. The molecule has 0 bridgehead atoms. The Kier molecular flexibility index (Phi) is 7.84. The molecule has 0 saturated carbocycles. The number of halogens is 1. The molecule has 2 aromatic carbocycles. The van der Waals surface area contributed by atoms with Gasteiger partial charge in [-0.15, -0.1) is 23.9 Å². The lowest BCUT2D eigenvalue weighted by Crippen LogP contribution is -2.28. The molecular formula is C28H27FN2O4S. The number of ketones is 1. The Hall–Kier alpha value is -3.52. The second-order valence-corrected chi connectivity index (χ2v) is 9.88. The second kappa shape index (κ2) is 11.0. The quantitative estimate of drug-likeness (QED) is 0.191. The molecule has 0 aliphatic carbocycles. The summed E-state index contributed by atoms with van der Waals surface area (Å²) in [6.07, 6.45) is 4.88. The molecule has 4 rings (SSSR count). The number of carbonyl (C=O) groups excluding carboxylic acids is 3. The lowest BCUT2D eigenvalue weighted by Gasteiger charge is -2.26. The largest absolute Gasteiger partial charge is 0.459 e. The molecule has 3 aromatic rings. The fourth-order valence-corrected chi connectivity index (χ4v) is 5.27. The predicted octanol–water partition coefficient (Wildman–Crippen LogP) is 4.75. The zero-order valence-corrected chi connectivity index (χ0v) is 21.2. The lowest BCUT2D eigenvalue weighted by molar-refractivity contribution is -0.675. The maximum atomic E-state index is 13.4. The Bertz CT molecular complexity index is 1290. The SMILES string of the molecule is Cc1cc(C(=O)OC(C)CCC(=O)c2cc[c-][n+](C)c2)ccc1N1C(=O)CSC1c1ccc(F)cc1. The molecule has 0 radical (unpaired) electrons. The number of benzene rings is 2. The number of Topliss-reactive ketones (excluding diaryl/α,β-unsaturated/α-hetero) is 1. The number of rotatable bonds is 8. The number of carbonyl (C=O) groups is 3. The zero-order chi connectivity index (χ0) is 25.8. The molecule has 0 N–H and O–H groups in total. The lowest BCUT2D eigenvalue weighted by atomic mass is 10.1. The molecule has 2 unspecified atom stereocenters. The molecule has 8 heteroatoms. The highest BCUT2D eigenvalue weighted by molar-refractivity contribution is 8.00. The van der Waals surface area contributed by atoms with Crippen molar-refractivity contribution < 1.29 is 28.1 Å². The van der Waals surface area contributed by atoms with Gasteiger partial charge in [-0.05, 0) is 67.3 Å². The fraction of sp³-hybridized carbons (Fsp3) is 0.286. The molecular weight excluding hydrogens is 479 g/mol. The number of esters is 1. The average Bonchev–Trinajstić information content (AvgIpc) is 3.23. The molecule has 2 heterocycles. The summed E-state index contributed by atoms with van der Waals surface area (Å²) in [6.45, 7) is 3.60. The van der Waals surface area contributed by atoms with E-state index in [1.54, 1.807) is 72.1 Å². The van der Waals surface area contributed by atoms with Gasteiger partial charge >= 0.3 is 5.97 Å². The molecule has 6 nitrogen and oxygen atoms in total. The number of hydrogen-bond acceptors (Lipinski definition) is 5. The predicted molar refractivity (Wildman–Crippen MR) is 135 cm³/mol. The van der Waals surface area contributed by atoms with Gasteiger partial charge in [-0.3, -0.25) is 14.5 Å². The monoisotopic (exact) mass is 506 g/mol. The molecule has 1 amide bonds. The Balaban J connectivity index is 1.40. The first kappa shape index (κ1) is 25.6. The van der Waals surface area contributed by atoms with Gasteiger partial charge < -0.3 is 9.30 Å². The number of anilines is 1. The van der Waals surface area contributed by atoms with Crippen LogP contribution in [0.25, 0.3) is 0 Å². The van der Waals surface area contributed by atoms with Crippen LogP contribution in [0.2, 0.25) is 0 Å². The van der Waals surface area contributed by atoms with E-state index in [4.69, 9.17) is 4.74 Å². The highest BCUT2D eigenvalue weighted by Gasteiger charge is 2.35. The Morgan fingerprint density at radius 2 is 1.94 bits per heavy atom. The summed E-state index contributed by atoms with van der Waals surface area (Å²) < 4.78 is 20.6. The van der Waals surface area contributed by atoms with Crippen molar-refractivity contribution in [2.45, 2.75) is 38.2 Å². The van der Waals surface area contributed by atoms with Gasteiger partial charge in [0, 0.05) is 12.1 Å². The summed E-state index contributed by atoms with van der Waals surface area (Å²) in [5.41, 5.74) is 3.25. The Morgan fingerprint density at radius 1 is 1.19 bits per heavy atom. The van der Waals surface area contributed by atoms with Crippen LogP contribution in [-0.4, -0.2) is 29.5 Å². The third-order valence-electron chi connectivity index (χ3n) is 6.00. The van der Waals surface area contributed by atoms with Crippen molar-refractivity contribution in [3.05, 3.63) is 95.1 Å². The van der Waals surface area contributed by atoms with Gasteiger partial charge in [-0.2, -0.15) is 0 Å². The first-order valence-corrected chi connectivity index (χ1v) is 12.7. The van der Waals surface area contributed by atoms with Crippen LogP contribution < -0.4 is 9.47 Å². The third-order valence-corrected chi connectivity index (χ3v) is 7.21. The molecule has 1 fully saturated rings. The smallest absolute Gasteiger partial charge is 0.338 e. The number of nitrogens with zero attached hydrogens (tertiary/aromatic N) is 2. The van der Waals surface area contributed by atoms with E-state index in [0.29, 0.717) is 29.0 Å². The summed E-state index contributed by atoms with van der Waals surface area (Å²) in [4.78, 5) is 39.6. The number of hydrogen-bond donors (Lipinski definition) is 0. The zero-order valence-electron chi connectivity index (χ0n) is 20.4. The third kappa shape index (κ3) is 5.82. The minimum Gasteiger partial charge on any atom is -0.459 e. The van der Waals surface area contributed by atoms with Crippen molar-refractivity contribution in [2.24, 2.45) is 7.05 Å². The van der Waals surface area contributed by atoms with Gasteiger partial charge in [0.15, 0.2) is 0 Å². The number of pyridine rings is 1. The summed E-state index contributed by atoms with van der Waals surface area (Å²) in [5, 5.41) is -0.267. The van der Waals surface area contributed by atoms with Gasteiger partial charge in [-0.25, -0.2) is 9.18 Å². The van der Waals surface area contributed by atoms with Crippen molar-refractivity contribution in [3.8, 4) is 0 Å². The Labute approximate surface area is 214 Å². The van der Waals surface area contributed by atoms with Gasteiger partial charge in [0.1, 0.15) is 30.2 Å². The highest BCUT2D eigenvalue weighted by atomic mass is 32.2. The normalized spacial score (nSPS) is 16.2. The minimum absolute atomic E-state index is 0.0217. The van der Waals surface area contributed by atoms with Gasteiger partial charge in [-0.1, -0.05) is 12.1 Å². The van der Waals surface area contributed by atoms with E-state index in [1.807, 2.05) is 6.92 Å². The van der Waals surface area contributed by atoms with Crippen molar-refractivity contribution in [1.82, 2.24) is 0 Å². The molecule has 1 aliphatic heterocycles. The van der Waals surface area contributed by atoms with Crippen LogP contribution in [0.15, 0.2) is 60.8 Å². The van der Waals surface area contributed by atoms with Crippen LogP contribution in [0.4, 0.5) is 10.1 Å². The van der Waals surface area contributed by atoms with E-state index < -0.39 is 12.1 Å². The first-order chi connectivity index (χ1) is 17.2. The summed E-state index contributed by atoms with van der Waals surface area (Å²) in [5.74, 6) is -0.559. The molecule has 36 heavy (non-hydrogen) atoms. The van der Waals surface area contributed by atoms with E-state index in [-0.39, 0.29) is 29.3 Å². The number of ether oxygens (including phenoxy) is 1. The average molecular weight is 507 g/mol. The van der Waals surface area contributed by atoms with Crippen molar-refractivity contribution in [1.29, 1.82) is 0 Å². The molecule has 186 valence electrons. The number of aryl methyl sites for hydroxylation is 2. The van der Waals surface area contributed by atoms with Gasteiger partial charge in [0.2, 0.25) is 5.91 Å². The minimum atomic E-state index is -0.484. The van der Waals surface area contributed by atoms with Crippen LogP contribution in [-0.2, 0) is 16.6 Å². The number of thioether (sulfide) groups is 1. The topological polar surface area (TPSA) is 67.6 Å². The van der Waals surface area contributed by atoms with Crippen molar-refractivity contribution in [3.63, 3.8) is 0 Å². The summed E-state index contributed by atoms with van der Waals surface area (Å²) in [6, 6.07) is 14.6.